The lowest BCUT2D eigenvalue weighted by molar-refractivity contribution is 0.0687. The zero-order chi connectivity index (χ0) is 13.2. The number of hydrogen-bond donors (Lipinski definition) is 2. The van der Waals surface area contributed by atoms with Gasteiger partial charge >= 0.3 is 5.97 Å². The van der Waals surface area contributed by atoms with Crippen LogP contribution < -0.4 is 4.72 Å². The Balaban J connectivity index is 2.09. The lowest BCUT2D eigenvalue weighted by Gasteiger charge is -2.09. The Labute approximate surface area is 113 Å². The van der Waals surface area contributed by atoms with Gasteiger partial charge in [-0.2, -0.15) is 11.8 Å². The van der Waals surface area contributed by atoms with Gasteiger partial charge in [-0.05, 0) is 18.6 Å². The monoisotopic (exact) mass is 308 g/mol. The van der Waals surface area contributed by atoms with Crippen LogP contribution in [0.1, 0.15) is 23.3 Å². The number of aromatic carboxylic acids is 1. The van der Waals surface area contributed by atoms with Crippen LogP contribution in [0.25, 0.3) is 0 Å². The second-order valence-electron chi connectivity index (χ2n) is 3.78. The van der Waals surface area contributed by atoms with Crippen LogP contribution in [0, 0.1) is 0 Å². The average molecular weight is 308 g/mol. The lowest BCUT2D eigenvalue weighted by atomic mass is 10.2. The summed E-state index contributed by atoms with van der Waals surface area (Å²) in [5, 5.41) is 9.12. The lowest BCUT2D eigenvalue weighted by Crippen LogP contribution is -2.30. The molecular weight excluding hydrogens is 296 g/mol. The molecule has 0 spiro atoms. The largest absolute Gasteiger partial charge is 0.476 e. The van der Waals surface area contributed by atoms with Gasteiger partial charge in [0, 0.05) is 11.8 Å². The third-order valence-corrected chi connectivity index (χ3v) is 6.70. The number of aromatic nitrogens is 1. The molecule has 1 saturated heterocycles. The Kier molecular flexibility index (Phi) is 4.25. The minimum atomic E-state index is -3.77. The van der Waals surface area contributed by atoms with Crippen molar-refractivity contribution in [2.75, 3.05) is 12.3 Å². The normalized spacial score (nSPS) is 20.1. The van der Waals surface area contributed by atoms with E-state index in [1.165, 1.54) is 5.51 Å². The molecular formula is C9H12N2O4S3. The third-order valence-electron chi connectivity index (χ3n) is 2.51. The fourth-order valence-electron chi connectivity index (χ4n) is 1.64. The van der Waals surface area contributed by atoms with Crippen LogP contribution in [0.3, 0.4) is 0 Å². The van der Waals surface area contributed by atoms with Gasteiger partial charge in [-0.3, -0.25) is 0 Å². The fourth-order valence-corrected chi connectivity index (χ4v) is 5.21. The SMILES string of the molecule is O=C(O)c1ncsc1S(=O)(=O)NCC1CCCS1. The van der Waals surface area contributed by atoms with E-state index >= 15 is 0 Å². The smallest absolute Gasteiger partial charge is 0.356 e. The van der Waals surface area contributed by atoms with E-state index in [-0.39, 0.29) is 9.46 Å². The predicted octanol–water partition coefficient (Wildman–Crippen LogP) is 1.02. The molecule has 0 aliphatic carbocycles. The zero-order valence-electron chi connectivity index (χ0n) is 9.33. The summed E-state index contributed by atoms with van der Waals surface area (Å²) in [6.45, 7) is 0.337. The van der Waals surface area contributed by atoms with Gasteiger partial charge in [0.2, 0.25) is 0 Å². The molecule has 0 radical (unpaired) electrons. The first kappa shape index (κ1) is 13.8. The summed E-state index contributed by atoms with van der Waals surface area (Å²) in [6.07, 6.45) is 2.08. The zero-order valence-corrected chi connectivity index (χ0v) is 11.8. The third kappa shape index (κ3) is 3.02. The van der Waals surface area contributed by atoms with Crippen molar-refractivity contribution in [1.82, 2.24) is 9.71 Å². The van der Waals surface area contributed by atoms with Gasteiger partial charge in [0.05, 0.1) is 5.51 Å². The number of hydrogen-bond acceptors (Lipinski definition) is 6. The van der Waals surface area contributed by atoms with E-state index in [1.54, 1.807) is 11.8 Å². The number of carboxylic acid groups (broad SMARTS) is 1. The Hall–Kier alpha value is -0.640. The number of carboxylic acids is 1. The summed E-state index contributed by atoms with van der Waals surface area (Å²) < 4.78 is 26.2. The van der Waals surface area contributed by atoms with E-state index < -0.39 is 21.7 Å². The average Bonchev–Trinajstić information content (AvgIpc) is 2.98. The van der Waals surface area contributed by atoms with Crippen molar-refractivity contribution in [2.45, 2.75) is 22.3 Å². The number of thioether (sulfide) groups is 1. The first-order chi connectivity index (χ1) is 8.50. The summed E-state index contributed by atoms with van der Waals surface area (Å²) in [5.41, 5.74) is 0.814. The van der Waals surface area contributed by atoms with Gasteiger partial charge in [0.25, 0.3) is 10.0 Å². The summed E-state index contributed by atoms with van der Waals surface area (Å²) >= 11 is 2.55. The number of nitrogens with zero attached hydrogens (tertiary/aromatic N) is 1. The maximum atomic E-state index is 12.0. The van der Waals surface area contributed by atoms with Crippen molar-refractivity contribution in [2.24, 2.45) is 0 Å². The molecule has 1 atom stereocenters. The van der Waals surface area contributed by atoms with Gasteiger partial charge in [0.1, 0.15) is 0 Å². The summed E-state index contributed by atoms with van der Waals surface area (Å²) in [5.74, 6) is -0.278. The van der Waals surface area contributed by atoms with Crippen molar-refractivity contribution < 1.29 is 18.3 Å². The minimum absolute atomic E-state index is 0.224. The van der Waals surface area contributed by atoms with Crippen molar-refractivity contribution in [3.63, 3.8) is 0 Å². The van der Waals surface area contributed by atoms with Crippen LogP contribution in [-0.4, -0.2) is 42.0 Å². The molecule has 1 aliphatic heterocycles. The molecule has 0 saturated carbocycles. The molecule has 0 amide bonds. The molecule has 9 heteroatoms. The molecule has 0 bridgehead atoms. The van der Waals surface area contributed by atoms with E-state index in [0.29, 0.717) is 6.54 Å². The number of carbonyl (C=O) groups is 1. The van der Waals surface area contributed by atoms with Crippen molar-refractivity contribution >= 4 is 39.1 Å². The van der Waals surface area contributed by atoms with Crippen molar-refractivity contribution in [3.8, 4) is 0 Å². The highest BCUT2D eigenvalue weighted by atomic mass is 32.2. The van der Waals surface area contributed by atoms with Crippen LogP contribution >= 0.6 is 23.1 Å². The second kappa shape index (κ2) is 5.55. The standard InChI is InChI=1S/C9H12N2O4S3/c12-8(13)7-9(17-5-10-7)18(14,15)11-4-6-2-1-3-16-6/h5-6,11H,1-4H2,(H,12,13). The molecule has 2 rings (SSSR count). The second-order valence-corrected chi connectivity index (χ2v) is 8.01. The fraction of sp³-hybridized carbons (Fsp3) is 0.556. The maximum Gasteiger partial charge on any atom is 0.356 e. The van der Waals surface area contributed by atoms with E-state index in [0.717, 1.165) is 29.9 Å². The predicted molar refractivity (Wildman–Crippen MR) is 69.7 cm³/mol. The van der Waals surface area contributed by atoms with Crippen molar-refractivity contribution in [1.29, 1.82) is 0 Å². The highest BCUT2D eigenvalue weighted by Crippen LogP contribution is 2.26. The van der Waals surface area contributed by atoms with Gasteiger partial charge < -0.3 is 5.11 Å². The van der Waals surface area contributed by atoms with Gasteiger partial charge in [-0.15, -0.1) is 11.3 Å². The molecule has 1 aromatic rings. The molecule has 100 valence electrons. The van der Waals surface area contributed by atoms with E-state index in [4.69, 9.17) is 5.11 Å². The van der Waals surface area contributed by atoms with E-state index in [9.17, 15) is 13.2 Å². The minimum Gasteiger partial charge on any atom is -0.476 e. The summed E-state index contributed by atoms with van der Waals surface area (Å²) in [7, 11) is -3.77. The Morgan fingerprint density at radius 3 is 3.00 bits per heavy atom. The summed E-state index contributed by atoms with van der Waals surface area (Å²) in [4.78, 5) is 14.4. The van der Waals surface area contributed by atoms with Crippen LogP contribution in [0.15, 0.2) is 9.72 Å². The summed E-state index contributed by atoms with van der Waals surface area (Å²) in [6, 6.07) is 0. The highest BCUT2D eigenvalue weighted by molar-refractivity contribution is 8.00. The Morgan fingerprint density at radius 2 is 2.39 bits per heavy atom. The van der Waals surface area contributed by atoms with Crippen LogP contribution in [-0.2, 0) is 10.0 Å². The van der Waals surface area contributed by atoms with Crippen LogP contribution in [0.5, 0.6) is 0 Å². The molecule has 1 aromatic heterocycles. The molecule has 0 aromatic carbocycles. The molecule has 1 aliphatic rings. The molecule has 18 heavy (non-hydrogen) atoms. The molecule has 2 N–H and O–H groups in total. The molecule has 1 fully saturated rings. The topological polar surface area (TPSA) is 96.4 Å². The number of nitrogens with one attached hydrogen (secondary N) is 1. The van der Waals surface area contributed by atoms with E-state index in [1.807, 2.05) is 0 Å². The van der Waals surface area contributed by atoms with Gasteiger partial charge in [-0.1, -0.05) is 0 Å². The van der Waals surface area contributed by atoms with Crippen molar-refractivity contribution in [3.05, 3.63) is 11.2 Å². The van der Waals surface area contributed by atoms with Crippen LogP contribution in [0.2, 0.25) is 0 Å². The maximum absolute atomic E-state index is 12.0. The highest BCUT2D eigenvalue weighted by Gasteiger charge is 2.27. The molecule has 6 nitrogen and oxygen atoms in total. The Bertz CT molecular complexity index is 534. The Morgan fingerprint density at radius 1 is 1.61 bits per heavy atom. The number of sulfonamides is 1. The van der Waals surface area contributed by atoms with E-state index in [2.05, 4.69) is 9.71 Å². The molecule has 2 heterocycles. The first-order valence-electron chi connectivity index (χ1n) is 5.29. The first-order valence-corrected chi connectivity index (χ1v) is 8.70. The number of thiazole rings is 1. The molecule has 1 unspecified atom stereocenters. The quantitative estimate of drug-likeness (QED) is 0.843. The van der Waals surface area contributed by atoms with Gasteiger partial charge in [0.15, 0.2) is 9.90 Å². The van der Waals surface area contributed by atoms with Gasteiger partial charge in [-0.25, -0.2) is 22.9 Å². The van der Waals surface area contributed by atoms with Crippen LogP contribution in [0.4, 0.5) is 0 Å². The number of rotatable bonds is 5.